The Hall–Kier alpha value is -1.45. The van der Waals surface area contributed by atoms with Gasteiger partial charge in [0.15, 0.2) is 0 Å². The lowest BCUT2D eigenvalue weighted by Gasteiger charge is -2.13. The molecular weight excluding hydrogens is 233 g/mol. The summed E-state index contributed by atoms with van der Waals surface area (Å²) in [6, 6.07) is 2.90. The van der Waals surface area contributed by atoms with Gasteiger partial charge in [0.25, 0.3) is 0 Å². The van der Waals surface area contributed by atoms with Crippen LogP contribution in [0.5, 0.6) is 0 Å². The van der Waals surface area contributed by atoms with Crippen molar-refractivity contribution >= 4 is 5.97 Å². The standard InChI is InChI=1S/C14H20FNO2/c1-3-4-5-6-8-11(2)18-14(17)12-9-7-10-16-13(12)15/h7,9-11H,3-6,8H2,1-2H3. The Bertz CT molecular complexity index is 382. The predicted octanol–water partition coefficient (Wildman–Crippen LogP) is 3.74. The summed E-state index contributed by atoms with van der Waals surface area (Å²) in [5, 5.41) is 0. The summed E-state index contributed by atoms with van der Waals surface area (Å²) >= 11 is 0. The van der Waals surface area contributed by atoms with Crippen molar-refractivity contribution in [3.63, 3.8) is 0 Å². The number of aromatic nitrogens is 1. The summed E-state index contributed by atoms with van der Waals surface area (Å²) in [6.45, 7) is 3.98. The Labute approximate surface area is 107 Å². The van der Waals surface area contributed by atoms with E-state index in [1.807, 2.05) is 6.92 Å². The molecule has 0 aliphatic carbocycles. The maximum absolute atomic E-state index is 13.2. The molecule has 0 saturated heterocycles. The lowest BCUT2D eigenvalue weighted by Crippen LogP contribution is -2.16. The van der Waals surface area contributed by atoms with Crippen molar-refractivity contribution in [2.45, 2.75) is 52.1 Å². The van der Waals surface area contributed by atoms with Crippen molar-refractivity contribution in [2.24, 2.45) is 0 Å². The van der Waals surface area contributed by atoms with Crippen LogP contribution in [0.3, 0.4) is 0 Å². The molecule has 18 heavy (non-hydrogen) atoms. The molecule has 0 bridgehead atoms. The second-order valence-electron chi connectivity index (χ2n) is 4.41. The Balaban J connectivity index is 2.38. The van der Waals surface area contributed by atoms with Gasteiger partial charge in [-0.25, -0.2) is 9.78 Å². The van der Waals surface area contributed by atoms with Gasteiger partial charge in [-0.15, -0.1) is 0 Å². The summed E-state index contributed by atoms with van der Waals surface area (Å²) in [7, 11) is 0. The van der Waals surface area contributed by atoms with E-state index in [1.165, 1.54) is 31.2 Å². The van der Waals surface area contributed by atoms with Gasteiger partial charge >= 0.3 is 5.97 Å². The molecule has 0 fully saturated rings. The van der Waals surface area contributed by atoms with E-state index in [0.717, 1.165) is 19.3 Å². The van der Waals surface area contributed by atoms with Gasteiger partial charge in [-0.1, -0.05) is 26.2 Å². The van der Waals surface area contributed by atoms with Crippen LogP contribution in [0.1, 0.15) is 56.3 Å². The molecule has 0 N–H and O–H groups in total. The number of nitrogens with zero attached hydrogens (tertiary/aromatic N) is 1. The summed E-state index contributed by atoms with van der Waals surface area (Å²) in [5.41, 5.74) is -0.0992. The van der Waals surface area contributed by atoms with Crippen molar-refractivity contribution in [3.05, 3.63) is 29.8 Å². The quantitative estimate of drug-likeness (QED) is 0.422. The van der Waals surface area contributed by atoms with Crippen molar-refractivity contribution in [1.82, 2.24) is 4.98 Å². The molecule has 1 heterocycles. The molecule has 1 aromatic rings. The second-order valence-corrected chi connectivity index (χ2v) is 4.41. The first-order valence-corrected chi connectivity index (χ1v) is 6.46. The van der Waals surface area contributed by atoms with Gasteiger partial charge in [0.05, 0.1) is 6.10 Å². The zero-order chi connectivity index (χ0) is 13.4. The number of ether oxygens (including phenoxy) is 1. The highest BCUT2D eigenvalue weighted by Crippen LogP contribution is 2.11. The molecule has 3 nitrogen and oxygen atoms in total. The highest BCUT2D eigenvalue weighted by Gasteiger charge is 2.16. The number of carbonyl (C=O) groups excluding carboxylic acids is 1. The fourth-order valence-corrected chi connectivity index (χ4v) is 1.70. The molecule has 0 saturated carbocycles. The van der Waals surface area contributed by atoms with Gasteiger partial charge < -0.3 is 4.74 Å². The zero-order valence-corrected chi connectivity index (χ0v) is 11.0. The van der Waals surface area contributed by atoms with Crippen LogP contribution in [0.15, 0.2) is 18.3 Å². The third kappa shape index (κ3) is 4.82. The Kier molecular flexibility index (Phi) is 6.33. The molecule has 0 aliphatic heterocycles. The fourth-order valence-electron chi connectivity index (χ4n) is 1.70. The smallest absolute Gasteiger partial charge is 0.343 e. The molecular formula is C14H20FNO2. The van der Waals surface area contributed by atoms with Crippen LogP contribution in [0.25, 0.3) is 0 Å². The van der Waals surface area contributed by atoms with Crippen LogP contribution in [-0.2, 0) is 4.74 Å². The molecule has 1 unspecified atom stereocenters. The van der Waals surface area contributed by atoms with Crippen molar-refractivity contribution in [1.29, 1.82) is 0 Å². The van der Waals surface area contributed by atoms with Gasteiger partial charge in [0.2, 0.25) is 5.95 Å². The van der Waals surface area contributed by atoms with E-state index in [4.69, 9.17) is 4.74 Å². The van der Waals surface area contributed by atoms with Crippen molar-refractivity contribution in [3.8, 4) is 0 Å². The Morgan fingerprint density at radius 3 is 2.89 bits per heavy atom. The largest absolute Gasteiger partial charge is 0.459 e. The summed E-state index contributed by atoms with van der Waals surface area (Å²) in [5.74, 6) is -1.41. The molecule has 1 aromatic heterocycles. The highest BCUT2D eigenvalue weighted by atomic mass is 19.1. The first kappa shape index (κ1) is 14.6. The number of hydrogen-bond acceptors (Lipinski definition) is 3. The molecule has 1 rings (SSSR count). The third-order valence-electron chi connectivity index (χ3n) is 2.75. The molecule has 4 heteroatoms. The van der Waals surface area contributed by atoms with Gasteiger partial charge in [-0.3, -0.25) is 0 Å². The van der Waals surface area contributed by atoms with Crippen LogP contribution < -0.4 is 0 Å². The Morgan fingerprint density at radius 1 is 1.44 bits per heavy atom. The number of carbonyl (C=O) groups is 1. The topological polar surface area (TPSA) is 39.2 Å². The van der Waals surface area contributed by atoms with Crippen LogP contribution in [-0.4, -0.2) is 17.1 Å². The number of rotatable bonds is 7. The van der Waals surface area contributed by atoms with E-state index >= 15 is 0 Å². The molecule has 100 valence electrons. The van der Waals surface area contributed by atoms with E-state index in [2.05, 4.69) is 11.9 Å². The van der Waals surface area contributed by atoms with E-state index in [0.29, 0.717) is 0 Å². The van der Waals surface area contributed by atoms with E-state index < -0.39 is 11.9 Å². The monoisotopic (exact) mass is 253 g/mol. The minimum absolute atomic E-state index is 0.0992. The Morgan fingerprint density at radius 2 is 2.22 bits per heavy atom. The number of esters is 1. The van der Waals surface area contributed by atoms with E-state index in [1.54, 1.807) is 0 Å². The average molecular weight is 253 g/mol. The minimum atomic E-state index is -0.777. The maximum atomic E-state index is 13.2. The first-order chi connectivity index (χ1) is 8.65. The first-order valence-electron chi connectivity index (χ1n) is 6.46. The lowest BCUT2D eigenvalue weighted by molar-refractivity contribution is 0.0313. The van der Waals surface area contributed by atoms with Crippen LogP contribution in [0, 0.1) is 5.95 Å². The van der Waals surface area contributed by atoms with Gasteiger partial charge in [-0.2, -0.15) is 4.39 Å². The van der Waals surface area contributed by atoms with Crippen LogP contribution >= 0.6 is 0 Å². The number of halogens is 1. The van der Waals surface area contributed by atoms with Gasteiger partial charge in [-0.05, 0) is 31.9 Å². The van der Waals surface area contributed by atoms with Gasteiger partial charge in [0.1, 0.15) is 5.56 Å². The predicted molar refractivity (Wildman–Crippen MR) is 67.8 cm³/mol. The second kappa shape index (κ2) is 7.80. The molecule has 0 amide bonds. The van der Waals surface area contributed by atoms with Crippen LogP contribution in [0.4, 0.5) is 4.39 Å². The maximum Gasteiger partial charge on any atom is 0.343 e. The molecule has 0 aromatic carbocycles. The number of unbranched alkanes of at least 4 members (excludes halogenated alkanes) is 3. The lowest BCUT2D eigenvalue weighted by atomic mass is 10.1. The summed E-state index contributed by atoms with van der Waals surface area (Å²) in [4.78, 5) is 15.1. The average Bonchev–Trinajstić information content (AvgIpc) is 2.35. The normalized spacial score (nSPS) is 12.2. The van der Waals surface area contributed by atoms with E-state index in [9.17, 15) is 9.18 Å². The fraction of sp³-hybridized carbons (Fsp3) is 0.571. The highest BCUT2D eigenvalue weighted by molar-refractivity contribution is 5.89. The molecule has 0 spiro atoms. The number of hydrogen-bond donors (Lipinski definition) is 0. The van der Waals surface area contributed by atoms with Crippen LogP contribution in [0.2, 0.25) is 0 Å². The van der Waals surface area contributed by atoms with Crippen molar-refractivity contribution < 1.29 is 13.9 Å². The number of pyridine rings is 1. The van der Waals surface area contributed by atoms with Gasteiger partial charge in [0, 0.05) is 6.20 Å². The third-order valence-corrected chi connectivity index (χ3v) is 2.75. The SMILES string of the molecule is CCCCCCC(C)OC(=O)c1cccnc1F. The molecule has 0 aliphatic rings. The molecule has 0 radical (unpaired) electrons. The summed E-state index contributed by atoms with van der Waals surface area (Å²) < 4.78 is 18.4. The molecule has 1 atom stereocenters. The van der Waals surface area contributed by atoms with E-state index in [-0.39, 0.29) is 11.7 Å². The minimum Gasteiger partial charge on any atom is -0.459 e. The summed E-state index contributed by atoms with van der Waals surface area (Å²) in [6.07, 6.45) is 6.46. The zero-order valence-electron chi connectivity index (χ0n) is 11.0. The van der Waals surface area contributed by atoms with Crippen molar-refractivity contribution in [2.75, 3.05) is 0 Å².